The van der Waals surface area contributed by atoms with E-state index >= 15 is 0 Å². The third-order valence-corrected chi connectivity index (χ3v) is 24.8. The molecule has 0 bridgehead atoms. The predicted octanol–water partition coefficient (Wildman–Crippen LogP) is 18.2. The first-order valence-electron chi connectivity index (χ1n) is 39.5. The second-order valence-corrected chi connectivity index (χ2v) is 31.5. The number of benzene rings is 13. The molecule has 13 aromatic carbocycles. The molecular weight excluding hydrogens is 1470 g/mol. The van der Waals surface area contributed by atoms with Crippen LogP contribution in [0.3, 0.4) is 0 Å². The van der Waals surface area contributed by atoms with Crippen LogP contribution in [0.4, 0.5) is 51.2 Å². The average molecular weight is 1540 g/mol. The molecule has 17 nitrogen and oxygen atoms in total. The summed E-state index contributed by atoms with van der Waals surface area (Å²) >= 11 is 0. The Hall–Kier alpha value is -15.0. The lowest BCUT2D eigenvalue weighted by molar-refractivity contribution is 0.0627. The first kappa shape index (κ1) is 70.8. The molecule has 15 aromatic rings. The third-order valence-electron chi connectivity index (χ3n) is 24.8. The summed E-state index contributed by atoms with van der Waals surface area (Å²) in [5, 5.41) is 2.02. The van der Waals surface area contributed by atoms with E-state index in [-0.39, 0.29) is 80.1 Å². The number of anilines is 9. The van der Waals surface area contributed by atoms with E-state index in [1.54, 1.807) is 97.1 Å². The molecule has 0 spiro atoms. The van der Waals surface area contributed by atoms with Crippen molar-refractivity contribution in [2.45, 2.75) is 67.7 Å². The van der Waals surface area contributed by atoms with Gasteiger partial charge in [0.25, 0.3) is 54.0 Å². The van der Waals surface area contributed by atoms with Gasteiger partial charge in [0, 0.05) is 67.7 Å². The largest absolute Gasteiger partial charge is 0.314 e. The van der Waals surface area contributed by atoms with E-state index in [0.29, 0.717) is 44.5 Å². The van der Waals surface area contributed by atoms with Crippen LogP contribution in [-0.2, 0) is 26.2 Å². The molecule has 0 radical (unpaired) electrons. The van der Waals surface area contributed by atoms with Gasteiger partial charge in [-0.25, -0.2) is 0 Å². The summed E-state index contributed by atoms with van der Waals surface area (Å²) in [5.74, 6) is -2.72. The molecule has 0 saturated carbocycles. The minimum Gasteiger partial charge on any atom is -0.314 e. The predicted molar refractivity (Wildman–Crippen MR) is 460 cm³/mol. The highest BCUT2D eigenvalue weighted by Crippen LogP contribution is 2.50. The first-order chi connectivity index (χ1) is 57.3. The normalized spacial score (nSPS) is 14.0. The van der Waals surface area contributed by atoms with Crippen molar-refractivity contribution in [3.8, 4) is 11.4 Å². The van der Waals surface area contributed by atoms with Crippen LogP contribution in [0.25, 0.3) is 33.2 Å². The maximum atomic E-state index is 13.9. The van der Waals surface area contributed by atoms with Crippen LogP contribution < -0.4 is 31.1 Å². The molecule has 568 valence electrons. The topological polar surface area (TPSA) is 169 Å². The van der Waals surface area contributed by atoms with Crippen molar-refractivity contribution >= 4 is 143 Å². The number of hydrogen-bond donors (Lipinski definition) is 0. The summed E-state index contributed by atoms with van der Waals surface area (Å²) in [5.41, 5.74) is 27.8. The Bertz CT molecular complexity index is 6170. The molecule has 6 aliphatic rings. The molecule has 0 saturated heterocycles. The van der Waals surface area contributed by atoms with Gasteiger partial charge in [0.2, 0.25) is 0 Å². The number of carbonyl (C=O) groups excluding carboxylic acids is 8. The van der Waals surface area contributed by atoms with Gasteiger partial charge in [0.15, 0.2) is 0 Å². The van der Waals surface area contributed by atoms with Crippen molar-refractivity contribution in [1.29, 1.82) is 0 Å². The zero-order chi connectivity index (χ0) is 80.5. The Morgan fingerprint density at radius 1 is 0.263 bits per heavy atom. The molecule has 6 aliphatic heterocycles. The highest BCUT2D eigenvalue weighted by molar-refractivity contribution is 7.00. The van der Waals surface area contributed by atoms with Crippen molar-refractivity contribution in [2.75, 3.05) is 14.7 Å². The number of aromatic nitrogens is 2. The Kier molecular flexibility index (Phi) is 16.1. The molecular formula is C100H72BN9O8. The number of carbonyl (C=O) groups is 8. The van der Waals surface area contributed by atoms with Gasteiger partial charge in [0.05, 0.1) is 98.8 Å². The fourth-order valence-corrected chi connectivity index (χ4v) is 18.7. The number of rotatable bonds is 17. The molecule has 8 heterocycles. The smallest absolute Gasteiger partial charge is 0.261 e. The van der Waals surface area contributed by atoms with Crippen LogP contribution in [0.15, 0.2) is 279 Å². The van der Waals surface area contributed by atoms with Crippen LogP contribution in [0.1, 0.15) is 139 Å². The molecule has 0 unspecified atom stereocenters. The van der Waals surface area contributed by atoms with Crippen LogP contribution in [-0.4, -0.2) is 82.7 Å². The number of nitrogens with zero attached hydrogens (tertiary/aromatic N) is 9. The third kappa shape index (κ3) is 10.7. The highest BCUT2D eigenvalue weighted by Gasteiger charge is 2.45. The Morgan fingerprint density at radius 2 is 0.500 bits per heavy atom. The van der Waals surface area contributed by atoms with Crippen molar-refractivity contribution in [3.63, 3.8) is 0 Å². The van der Waals surface area contributed by atoms with Crippen LogP contribution >= 0.6 is 0 Å². The number of fused-ring (bicyclic) bond motifs is 8. The van der Waals surface area contributed by atoms with Crippen LogP contribution in [0.5, 0.6) is 0 Å². The van der Waals surface area contributed by atoms with Gasteiger partial charge in [0.1, 0.15) is 0 Å². The van der Waals surface area contributed by atoms with Gasteiger partial charge in [-0.05, 0) is 237 Å². The van der Waals surface area contributed by atoms with E-state index in [0.717, 1.165) is 157 Å². The maximum Gasteiger partial charge on any atom is 0.261 e. The molecule has 18 heteroatoms. The van der Waals surface area contributed by atoms with Gasteiger partial charge in [-0.2, -0.15) is 0 Å². The fourth-order valence-electron chi connectivity index (χ4n) is 18.7. The molecule has 2 aromatic heterocycles. The Balaban J connectivity index is 0.750. The first-order valence-corrected chi connectivity index (χ1v) is 39.5. The van der Waals surface area contributed by atoms with Crippen molar-refractivity contribution in [2.24, 2.45) is 0 Å². The molecule has 8 amide bonds. The number of aryl methyl sites for hydroxylation is 4. The molecule has 118 heavy (non-hydrogen) atoms. The maximum absolute atomic E-state index is 13.9. The number of amides is 8. The quantitative estimate of drug-likeness (QED) is 0.0628. The second-order valence-electron chi connectivity index (χ2n) is 31.5. The summed E-state index contributed by atoms with van der Waals surface area (Å²) in [6.45, 7) is 13.0. The lowest BCUT2D eigenvalue weighted by Gasteiger charge is -2.37. The fraction of sp³-hybridized carbons (Fsp3) is 0.100. The van der Waals surface area contributed by atoms with Crippen LogP contribution in [0.2, 0.25) is 0 Å². The zero-order valence-electron chi connectivity index (χ0n) is 65.3. The van der Waals surface area contributed by atoms with Crippen molar-refractivity contribution in [1.82, 2.24) is 28.7 Å². The van der Waals surface area contributed by atoms with Gasteiger partial charge in [-0.3, -0.25) is 58.0 Å². The van der Waals surface area contributed by atoms with Gasteiger partial charge >= 0.3 is 0 Å². The van der Waals surface area contributed by atoms with E-state index in [1.807, 2.05) is 97.1 Å². The lowest BCUT2D eigenvalue weighted by Crippen LogP contribution is -2.59. The van der Waals surface area contributed by atoms with E-state index in [4.69, 9.17) is 0 Å². The van der Waals surface area contributed by atoms with E-state index in [1.165, 1.54) is 19.6 Å². The van der Waals surface area contributed by atoms with Gasteiger partial charge in [-0.1, -0.05) is 145 Å². The van der Waals surface area contributed by atoms with Crippen molar-refractivity contribution in [3.05, 3.63) is 379 Å². The average Bonchev–Trinajstić information content (AvgIpc) is 1.45. The number of hydrogen-bond acceptors (Lipinski definition) is 11. The number of imide groups is 4. The Morgan fingerprint density at radius 3 is 0.754 bits per heavy atom. The van der Waals surface area contributed by atoms with E-state index < -0.39 is 0 Å². The molecule has 0 atom stereocenters. The zero-order valence-corrected chi connectivity index (χ0v) is 65.3. The van der Waals surface area contributed by atoms with Crippen LogP contribution in [0, 0.1) is 41.5 Å². The summed E-state index contributed by atoms with van der Waals surface area (Å²) in [6, 6.07) is 90.8. The Labute approximate surface area is 679 Å². The molecule has 21 rings (SSSR count). The standard InChI is InChI=1S/C100H72BN9O8/c1-57-23-35-67(36-24-57)108(68-37-25-58(2)26-38-68)73-51-86-90-87(52-73)107-62(6)60(4)89-85(110(71-43-31-65(32-44-71)55-104-97(115)78-19-11-12-20-79(78)98(104)116)72-45-33-66(34-46-72)56-105-99(117)80-21-13-14-22-81(80)100(105)118)50-48-83(92(89)107)101(90)82-47-49-84(88-59(3)61(5)106(86)91(82)88)109(69-39-27-63(28-40-69)53-102-93(111)74-15-7-8-16-75(74)94(102)112)70-41-29-64(30-42-70)54-103-95(113)76-17-9-10-18-77(76)96(103)114/h7-52H,53-56H2,1-6H3. The van der Waals surface area contributed by atoms with Crippen molar-refractivity contribution < 1.29 is 38.4 Å². The SMILES string of the molecule is Cc1ccc(N(c2ccc(C)cc2)c2cc3c4c(c2)-n2c(C)c(C)c5c(N(c6ccc(CN7C(=O)c8ccccc8C7=O)cc6)c6ccc(CN7C(=O)c8ccccc8C7=O)cc6)ccc(c52)B4c2ccc(N(c4ccc(CN5C(=O)c6ccccc6C5=O)cc4)c4ccc(CN5C(=O)c6ccccc6C5=O)cc4)c4c(C)c(C)n-3c24)cc1. The van der Waals surface area contributed by atoms with E-state index in [2.05, 4.69) is 150 Å². The molecule has 0 fully saturated rings. The summed E-state index contributed by atoms with van der Waals surface area (Å²) < 4.78 is 4.94. The summed E-state index contributed by atoms with van der Waals surface area (Å²) in [7, 11) is 0. The second kappa shape index (κ2) is 26.8. The van der Waals surface area contributed by atoms with Gasteiger partial charge < -0.3 is 23.8 Å². The highest BCUT2D eigenvalue weighted by atomic mass is 16.2. The minimum atomic E-state index is -0.352. The van der Waals surface area contributed by atoms with E-state index in [9.17, 15) is 38.4 Å². The summed E-state index contributed by atoms with van der Waals surface area (Å²) in [4.78, 5) is 123. The molecule has 0 N–H and O–H groups in total. The summed E-state index contributed by atoms with van der Waals surface area (Å²) in [6.07, 6.45) is 0. The van der Waals surface area contributed by atoms with Gasteiger partial charge in [-0.15, -0.1) is 0 Å². The lowest BCUT2D eigenvalue weighted by atomic mass is 9.34. The molecule has 0 aliphatic carbocycles. The monoisotopic (exact) mass is 1540 g/mol. The minimum absolute atomic E-state index is 0.0664.